The number of hydrogen-bond donors (Lipinski definition) is 0. The van der Waals surface area contributed by atoms with Crippen molar-refractivity contribution >= 4 is 20.4 Å². The molecule has 0 spiro atoms. The molecule has 0 saturated carbocycles. The largest absolute Gasteiger partial charge is 0.0619 e. The molecule has 0 N–H and O–H groups in total. The lowest BCUT2D eigenvalue weighted by atomic mass is 9.87. The summed E-state index contributed by atoms with van der Waals surface area (Å²) in [5.74, 6) is 0. The van der Waals surface area contributed by atoms with Crippen LogP contribution < -0.4 is 0 Å². The smallest absolute Gasteiger partial charge is 0.0219 e. The molecular formula is C11H11Br. The fourth-order valence-electron chi connectivity index (χ4n) is 1.73. The van der Waals surface area contributed by atoms with E-state index in [0.29, 0.717) is 0 Å². The van der Waals surface area contributed by atoms with Gasteiger partial charge in [-0.1, -0.05) is 60.1 Å². The molecule has 1 aromatic carbocycles. The minimum Gasteiger partial charge on any atom is -0.0619 e. The van der Waals surface area contributed by atoms with Crippen molar-refractivity contribution in [2.24, 2.45) is 0 Å². The first kappa shape index (κ1) is 8.06. The molecule has 0 bridgehead atoms. The first-order chi connectivity index (χ1) is 5.61. The van der Waals surface area contributed by atoms with Crippen molar-refractivity contribution in [3.05, 3.63) is 41.5 Å². The average Bonchev–Trinajstić information content (AvgIpc) is 2.25. The normalized spacial score (nSPS) is 18.8. The van der Waals surface area contributed by atoms with Crippen LogP contribution in [-0.2, 0) is 5.41 Å². The standard InChI is InChI=1S/C11H11Br/c1-11(2)7-10(12)8-5-3-4-6-9(8)11/h3-7H,1-2H3. The van der Waals surface area contributed by atoms with Gasteiger partial charge in [-0.15, -0.1) is 0 Å². The van der Waals surface area contributed by atoms with Crippen LogP contribution in [0.15, 0.2) is 30.3 Å². The van der Waals surface area contributed by atoms with Crippen molar-refractivity contribution in [1.82, 2.24) is 0 Å². The van der Waals surface area contributed by atoms with Crippen LogP contribution in [0.25, 0.3) is 4.48 Å². The molecule has 0 saturated heterocycles. The molecule has 1 heteroatoms. The van der Waals surface area contributed by atoms with Gasteiger partial charge in [0.1, 0.15) is 0 Å². The van der Waals surface area contributed by atoms with Crippen LogP contribution in [0.4, 0.5) is 0 Å². The van der Waals surface area contributed by atoms with E-state index in [-0.39, 0.29) is 5.41 Å². The van der Waals surface area contributed by atoms with Crippen molar-refractivity contribution in [1.29, 1.82) is 0 Å². The zero-order valence-electron chi connectivity index (χ0n) is 7.26. The van der Waals surface area contributed by atoms with Crippen LogP contribution in [-0.4, -0.2) is 0 Å². The first-order valence-corrected chi connectivity index (χ1v) is 4.89. The van der Waals surface area contributed by atoms with Gasteiger partial charge in [-0.2, -0.15) is 0 Å². The Morgan fingerprint density at radius 3 is 2.50 bits per heavy atom. The number of fused-ring (bicyclic) bond motifs is 1. The van der Waals surface area contributed by atoms with Crippen molar-refractivity contribution < 1.29 is 0 Å². The molecule has 1 aliphatic rings. The van der Waals surface area contributed by atoms with E-state index in [1.54, 1.807) is 0 Å². The zero-order valence-corrected chi connectivity index (χ0v) is 8.85. The fourth-order valence-corrected chi connectivity index (χ4v) is 2.64. The summed E-state index contributed by atoms with van der Waals surface area (Å²) in [6.45, 7) is 4.47. The highest BCUT2D eigenvalue weighted by Crippen LogP contribution is 2.42. The van der Waals surface area contributed by atoms with E-state index in [4.69, 9.17) is 0 Å². The van der Waals surface area contributed by atoms with Gasteiger partial charge in [0.2, 0.25) is 0 Å². The van der Waals surface area contributed by atoms with E-state index in [1.807, 2.05) is 0 Å². The van der Waals surface area contributed by atoms with Gasteiger partial charge in [-0.25, -0.2) is 0 Å². The number of allylic oxidation sites excluding steroid dienone is 1. The molecule has 1 aromatic rings. The summed E-state index contributed by atoms with van der Waals surface area (Å²) in [5.41, 5.74) is 2.94. The van der Waals surface area contributed by atoms with Crippen LogP contribution >= 0.6 is 15.9 Å². The second-order valence-corrected chi connectivity index (χ2v) is 4.61. The third kappa shape index (κ3) is 1.04. The summed E-state index contributed by atoms with van der Waals surface area (Å²) in [4.78, 5) is 0. The third-order valence-corrected chi connectivity index (χ3v) is 3.02. The molecule has 0 unspecified atom stereocenters. The Hall–Kier alpha value is -0.560. The summed E-state index contributed by atoms with van der Waals surface area (Å²) < 4.78 is 1.23. The predicted molar refractivity (Wildman–Crippen MR) is 56.4 cm³/mol. The van der Waals surface area contributed by atoms with Crippen LogP contribution in [0, 0.1) is 0 Å². The topological polar surface area (TPSA) is 0 Å². The van der Waals surface area contributed by atoms with Gasteiger partial charge < -0.3 is 0 Å². The molecule has 12 heavy (non-hydrogen) atoms. The Morgan fingerprint density at radius 2 is 1.83 bits per heavy atom. The van der Waals surface area contributed by atoms with Crippen LogP contribution in [0.3, 0.4) is 0 Å². The maximum Gasteiger partial charge on any atom is 0.0219 e. The Labute approximate surface area is 81.4 Å². The maximum absolute atomic E-state index is 3.57. The lowest BCUT2D eigenvalue weighted by Gasteiger charge is -2.16. The molecule has 0 atom stereocenters. The quantitative estimate of drug-likeness (QED) is 0.628. The molecule has 0 fully saturated rings. The molecule has 0 nitrogen and oxygen atoms in total. The number of rotatable bonds is 0. The molecule has 0 aliphatic heterocycles. The van der Waals surface area contributed by atoms with E-state index < -0.39 is 0 Å². The van der Waals surface area contributed by atoms with E-state index in [9.17, 15) is 0 Å². The highest BCUT2D eigenvalue weighted by Gasteiger charge is 2.27. The highest BCUT2D eigenvalue weighted by atomic mass is 79.9. The van der Waals surface area contributed by atoms with E-state index in [1.165, 1.54) is 15.6 Å². The molecular weight excluding hydrogens is 212 g/mol. The highest BCUT2D eigenvalue weighted by molar-refractivity contribution is 9.15. The van der Waals surface area contributed by atoms with Crippen LogP contribution in [0.5, 0.6) is 0 Å². The number of halogens is 1. The van der Waals surface area contributed by atoms with Crippen molar-refractivity contribution in [2.75, 3.05) is 0 Å². The Morgan fingerprint density at radius 1 is 1.17 bits per heavy atom. The minimum absolute atomic E-state index is 0.190. The lowest BCUT2D eigenvalue weighted by molar-refractivity contribution is 0.683. The second-order valence-electron chi connectivity index (χ2n) is 3.76. The minimum atomic E-state index is 0.190. The molecule has 2 rings (SSSR count). The monoisotopic (exact) mass is 222 g/mol. The predicted octanol–water partition coefficient (Wildman–Crippen LogP) is 3.71. The Balaban J connectivity index is 2.68. The lowest BCUT2D eigenvalue weighted by Crippen LogP contribution is -2.10. The number of benzene rings is 1. The van der Waals surface area contributed by atoms with Gasteiger partial charge in [0.25, 0.3) is 0 Å². The summed E-state index contributed by atoms with van der Waals surface area (Å²) in [7, 11) is 0. The van der Waals surface area contributed by atoms with Gasteiger partial charge in [-0.3, -0.25) is 0 Å². The molecule has 0 radical (unpaired) electrons. The van der Waals surface area contributed by atoms with E-state index in [2.05, 4.69) is 60.1 Å². The molecule has 0 aromatic heterocycles. The Bertz CT molecular complexity index is 348. The van der Waals surface area contributed by atoms with Crippen LogP contribution in [0.2, 0.25) is 0 Å². The summed E-state index contributed by atoms with van der Waals surface area (Å²) in [5, 5.41) is 0. The van der Waals surface area contributed by atoms with Gasteiger partial charge in [0, 0.05) is 9.90 Å². The molecule has 0 heterocycles. The molecule has 0 amide bonds. The Kier molecular flexibility index (Phi) is 1.65. The molecule has 62 valence electrons. The van der Waals surface area contributed by atoms with Gasteiger partial charge in [0.05, 0.1) is 0 Å². The van der Waals surface area contributed by atoms with Gasteiger partial charge in [-0.05, 0) is 11.1 Å². The zero-order chi connectivity index (χ0) is 8.77. The van der Waals surface area contributed by atoms with Crippen LogP contribution in [0.1, 0.15) is 25.0 Å². The summed E-state index contributed by atoms with van der Waals surface area (Å²) in [6.07, 6.45) is 2.26. The summed E-state index contributed by atoms with van der Waals surface area (Å²) in [6, 6.07) is 8.53. The first-order valence-electron chi connectivity index (χ1n) is 4.09. The van der Waals surface area contributed by atoms with E-state index in [0.717, 1.165) is 0 Å². The van der Waals surface area contributed by atoms with E-state index >= 15 is 0 Å². The second kappa shape index (κ2) is 2.46. The summed E-state index contributed by atoms with van der Waals surface area (Å²) >= 11 is 3.57. The molecule has 1 aliphatic carbocycles. The van der Waals surface area contributed by atoms with Crippen molar-refractivity contribution in [3.8, 4) is 0 Å². The maximum atomic E-state index is 3.57. The third-order valence-electron chi connectivity index (χ3n) is 2.37. The fraction of sp³-hybridized carbons (Fsp3) is 0.273. The average molecular weight is 223 g/mol. The van der Waals surface area contributed by atoms with Gasteiger partial charge >= 0.3 is 0 Å². The van der Waals surface area contributed by atoms with Crippen molar-refractivity contribution in [3.63, 3.8) is 0 Å². The SMILES string of the molecule is CC1(C)C=C(Br)c2ccccc21. The van der Waals surface area contributed by atoms with Crippen molar-refractivity contribution in [2.45, 2.75) is 19.3 Å². The van der Waals surface area contributed by atoms with Gasteiger partial charge in [0.15, 0.2) is 0 Å². The number of hydrogen-bond acceptors (Lipinski definition) is 0.